The lowest BCUT2D eigenvalue weighted by Crippen LogP contribution is -2.30. The van der Waals surface area contributed by atoms with Crippen molar-refractivity contribution in [1.82, 2.24) is 15.2 Å². The molecule has 5 heteroatoms. The number of aromatic nitrogens is 1. The molecule has 0 aliphatic carbocycles. The highest BCUT2D eigenvalue weighted by Crippen LogP contribution is 2.19. The summed E-state index contributed by atoms with van der Waals surface area (Å²) in [7, 11) is 1.96. The molecule has 0 saturated carbocycles. The van der Waals surface area contributed by atoms with Crippen LogP contribution in [-0.4, -0.2) is 42.5 Å². The van der Waals surface area contributed by atoms with E-state index in [0.717, 1.165) is 37.3 Å². The van der Waals surface area contributed by atoms with Crippen molar-refractivity contribution in [2.24, 2.45) is 5.92 Å². The van der Waals surface area contributed by atoms with Crippen molar-refractivity contribution >= 4 is 18.3 Å². The average Bonchev–Trinajstić information content (AvgIpc) is 2.87. The van der Waals surface area contributed by atoms with Crippen LogP contribution in [0, 0.1) is 12.8 Å². The van der Waals surface area contributed by atoms with Crippen LogP contribution in [0.1, 0.15) is 22.5 Å². The number of nitrogens with zero attached hydrogens (tertiary/aromatic N) is 1. The van der Waals surface area contributed by atoms with Crippen LogP contribution in [0.3, 0.4) is 0 Å². The minimum Gasteiger partial charge on any atom is -0.365 e. The van der Waals surface area contributed by atoms with Crippen LogP contribution < -0.4 is 5.32 Å². The topological polar surface area (TPSA) is 48.1 Å². The number of amides is 1. The zero-order valence-electron chi connectivity index (χ0n) is 10.3. The standard InChI is InChI=1S/C12H19N3O.ClH/c1-9-11(3-5-14-9)12(16)15-6-4-10(8-15)7-13-2;/h3,5,10,13-14H,4,6-8H2,1-2H3;1H. The molecule has 1 unspecified atom stereocenters. The first kappa shape index (κ1) is 14.1. The van der Waals surface area contributed by atoms with Crippen LogP contribution in [0.15, 0.2) is 12.3 Å². The molecule has 1 saturated heterocycles. The molecule has 1 fully saturated rings. The van der Waals surface area contributed by atoms with Gasteiger partial charge in [0.2, 0.25) is 0 Å². The molecule has 1 aromatic heterocycles. The average molecular weight is 258 g/mol. The van der Waals surface area contributed by atoms with Gasteiger partial charge < -0.3 is 15.2 Å². The summed E-state index contributed by atoms with van der Waals surface area (Å²) in [6, 6.07) is 1.86. The molecular weight excluding hydrogens is 238 g/mol. The number of H-pyrrole nitrogens is 1. The van der Waals surface area contributed by atoms with Gasteiger partial charge in [-0.2, -0.15) is 0 Å². The SMILES string of the molecule is CNCC1CCN(C(=O)c2cc[nH]c2C)C1.Cl. The van der Waals surface area contributed by atoms with Crippen molar-refractivity contribution in [3.05, 3.63) is 23.5 Å². The Morgan fingerprint density at radius 1 is 1.65 bits per heavy atom. The van der Waals surface area contributed by atoms with Crippen molar-refractivity contribution in [2.45, 2.75) is 13.3 Å². The molecule has 96 valence electrons. The molecule has 0 bridgehead atoms. The highest BCUT2D eigenvalue weighted by atomic mass is 35.5. The monoisotopic (exact) mass is 257 g/mol. The summed E-state index contributed by atoms with van der Waals surface area (Å²) in [5, 5.41) is 3.17. The fraction of sp³-hybridized carbons (Fsp3) is 0.583. The van der Waals surface area contributed by atoms with Crippen molar-refractivity contribution < 1.29 is 4.79 Å². The number of rotatable bonds is 3. The van der Waals surface area contributed by atoms with Gasteiger partial charge in [0.05, 0.1) is 5.56 Å². The number of hydrogen-bond acceptors (Lipinski definition) is 2. The van der Waals surface area contributed by atoms with Crippen molar-refractivity contribution in [3.8, 4) is 0 Å². The number of aromatic amines is 1. The molecule has 1 amide bonds. The maximum Gasteiger partial charge on any atom is 0.255 e. The van der Waals surface area contributed by atoms with Gasteiger partial charge in [0, 0.05) is 25.0 Å². The quantitative estimate of drug-likeness (QED) is 0.861. The van der Waals surface area contributed by atoms with Gasteiger partial charge >= 0.3 is 0 Å². The molecule has 4 nitrogen and oxygen atoms in total. The number of halogens is 1. The van der Waals surface area contributed by atoms with E-state index in [0.29, 0.717) is 5.92 Å². The largest absolute Gasteiger partial charge is 0.365 e. The lowest BCUT2D eigenvalue weighted by molar-refractivity contribution is 0.0786. The molecule has 0 spiro atoms. The lowest BCUT2D eigenvalue weighted by atomic mass is 10.1. The Hall–Kier alpha value is -1.00. The second kappa shape index (κ2) is 6.07. The Bertz CT molecular complexity index is 378. The van der Waals surface area contributed by atoms with Crippen LogP contribution in [0.4, 0.5) is 0 Å². The van der Waals surface area contributed by atoms with E-state index in [2.05, 4.69) is 10.3 Å². The molecule has 1 aromatic rings. The highest BCUT2D eigenvalue weighted by Gasteiger charge is 2.27. The first-order valence-electron chi connectivity index (χ1n) is 5.80. The van der Waals surface area contributed by atoms with E-state index in [9.17, 15) is 4.79 Å². The fourth-order valence-electron chi connectivity index (χ4n) is 2.33. The number of nitrogens with one attached hydrogen (secondary N) is 2. The normalized spacial score (nSPS) is 19.2. The van der Waals surface area contributed by atoms with Gasteiger partial charge in [0.15, 0.2) is 0 Å². The van der Waals surface area contributed by atoms with Crippen molar-refractivity contribution in [2.75, 3.05) is 26.7 Å². The van der Waals surface area contributed by atoms with E-state index in [1.807, 2.05) is 31.1 Å². The number of carbonyl (C=O) groups excluding carboxylic acids is 1. The Morgan fingerprint density at radius 2 is 2.41 bits per heavy atom. The third-order valence-electron chi connectivity index (χ3n) is 3.25. The predicted molar refractivity (Wildman–Crippen MR) is 70.7 cm³/mol. The molecule has 17 heavy (non-hydrogen) atoms. The Morgan fingerprint density at radius 3 is 3.00 bits per heavy atom. The third-order valence-corrected chi connectivity index (χ3v) is 3.25. The van der Waals surface area contributed by atoms with Crippen LogP contribution in [0.5, 0.6) is 0 Å². The Labute approximate surface area is 108 Å². The summed E-state index contributed by atoms with van der Waals surface area (Å²) in [6.07, 6.45) is 2.93. The van der Waals surface area contributed by atoms with Gasteiger partial charge in [0.1, 0.15) is 0 Å². The van der Waals surface area contributed by atoms with Crippen LogP contribution in [-0.2, 0) is 0 Å². The summed E-state index contributed by atoms with van der Waals surface area (Å²) < 4.78 is 0. The van der Waals surface area contributed by atoms with Gasteiger partial charge in [-0.15, -0.1) is 12.4 Å². The third kappa shape index (κ3) is 3.01. The predicted octanol–water partition coefficient (Wildman–Crippen LogP) is 1.43. The second-order valence-electron chi connectivity index (χ2n) is 4.48. The zero-order valence-corrected chi connectivity index (χ0v) is 11.1. The zero-order chi connectivity index (χ0) is 11.5. The molecule has 2 rings (SSSR count). The maximum absolute atomic E-state index is 12.2. The number of aryl methyl sites for hydroxylation is 1. The van der Waals surface area contributed by atoms with Gasteiger partial charge in [-0.25, -0.2) is 0 Å². The van der Waals surface area contributed by atoms with E-state index in [1.54, 1.807) is 0 Å². The minimum absolute atomic E-state index is 0. The number of carbonyl (C=O) groups is 1. The molecule has 0 aromatic carbocycles. The summed E-state index contributed by atoms with van der Waals surface area (Å²) in [5.74, 6) is 0.769. The van der Waals surface area contributed by atoms with E-state index in [-0.39, 0.29) is 18.3 Å². The first-order chi connectivity index (χ1) is 7.72. The Balaban J connectivity index is 0.00000144. The van der Waals surface area contributed by atoms with Crippen molar-refractivity contribution in [3.63, 3.8) is 0 Å². The highest BCUT2D eigenvalue weighted by molar-refractivity contribution is 5.95. The van der Waals surface area contributed by atoms with Gasteiger partial charge in [-0.3, -0.25) is 4.79 Å². The first-order valence-corrected chi connectivity index (χ1v) is 5.80. The van der Waals surface area contributed by atoms with Crippen molar-refractivity contribution in [1.29, 1.82) is 0 Å². The molecule has 1 aliphatic rings. The lowest BCUT2D eigenvalue weighted by Gasteiger charge is -2.16. The molecule has 1 aliphatic heterocycles. The van der Waals surface area contributed by atoms with E-state index < -0.39 is 0 Å². The van der Waals surface area contributed by atoms with Crippen LogP contribution in [0.2, 0.25) is 0 Å². The van der Waals surface area contributed by atoms with E-state index >= 15 is 0 Å². The summed E-state index contributed by atoms with van der Waals surface area (Å²) in [4.78, 5) is 17.2. The molecule has 2 N–H and O–H groups in total. The molecule has 1 atom stereocenters. The molecule has 2 heterocycles. The van der Waals surface area contributed by atoms with Crippen LogP contribution >= 0.6 is 12.4 Å². The van der Waals surface area contributed by atoms with Crippen LogP contribution in [0.25, 0.3) is 0 Å². The van der Waals surface area contributed by atoms with Gasteiger partial charge in [-0.1, -0.05) is 0 Å². The number of likely N-dealkylation sites (tertiary alicyclic amines) is 1. The van der Waals surface area contributed by atoms with E-state index in [4.69, 9.17) is 0 Å². The maximum atomic E-state index is 12.2. The minimum atomic E-state index is 0. The fourth-order valence-corrected chi connectivity index (χ4v) is 2.33. The Kier molecular flexibility index (Phi) is 5.02. The van der Waals surface area contributed by atoms with Gasteiger partial charge in [-0.05, 0) is 38.9 Å². The second-order valence-corrected chi connectivity index (χ2v) is 4.48. The number of hydrogen-bond donors (Lipinski definition) is 2. The smallest absolute Gasteiger partial charge is 0.255 e. The summed E-state index contributed by atoms with van der Waals surface area (Å²) in [5.41, 5.74) is 1.77. The molecule has 0 radical (unpaired) electrons. The summed E-state index contributed by atoms with van der Waals surface area (Å²) >= 11 is 0. The summed E-state index contributed by atoms with van der Waals surface area (Å²) in [6.45, 7) is 4.70. The van der Waals surface area contributed by atoms with E-state index in [1.165, 1.54) is 0 Å². The molecular formula is C12H20ClN3O. The van der Waals surface area contributed by atoms with Gasteiger partial charge in [0.25, 0.3) is 5.91 Å².